The largest absolute Gasteiger partial charge is 0.335 e. The number of amides is 2. The summed E-state index contributed by atoms with van der Waals surface area (Å²) in [4.78, 5) is 32.8. The number of nitrogens with zero attached hydrogens (tertiary/aromatic N) is 3. The van der Waals surface area contributed by atoms with Gasteiger partial charge in [-0.15, -0.1) is 0 Å². The van der Waals surface area contributed by atoms with Gasteiger partial charge in [-0.1, -0.05) is 0 Å². The summed E-state index contributed by atoms with van der Waals surface area (Å²) in [5.41, 5.74) is 0. The third-order valence-electron chi connectivity index (χ3n) is 2.51. The minimum atomic E-state index is -0.422. The third kappa shape index (κ3) is 2.44. The molecule has 1 aromatic rings. The van der Waals surface area contributed by atoms with E-state index in [2.05, 4.69) is 31.2 Å². The Morgan fingerprint density at radius 1 is 1.47 bits per heavy atom. The molecule has 17 heavy (non-hydrogen) atoms. The number of nitrogens with one attached hydrogen (secondary N) is 1. The predicted octanol–water partition coefficient (Wildman–Crippen LogP) is 0.399. The summed E-state index contributed by atoms with van der Waals surface area (Å²) in [5.74, 6) is 0.522. The Morgan fingerprint density at radius 2 is 2.18 bits per heavy atom. The summed E-state index contributed by atoms with van der Waals surface area (Å²) in [5, 5.41) is 2.28. The van der Waals surface area contributed by atoms with Crippen LogP contribution in [0.3, 0.4) is 0 Å². The molecule has 0 radical (unpaired) electrons. The molecule has 0 spiro atoms. The number of aryl methyl sites for hydroxylation is 1. The minimum Gasteiger partial charge on any atom is -0.335 e. The van der Waals surface area contributed by atoms with Gasteiger partial charge in [-0.05, 0) is 29.8 Å². The fraction of sp³-hybridized carbons (Fsp3) is 0.400. The number of piperazine rings is 1. The van der Waals surface area contributed by atoms with Crippen molar-refractivity contribution in [3.8, 4) is 0 Å². The van der Waals surface area contributed by atoms with E-state index in [4.69, 9.17) is 0 Å². The summed E-state index contributed by atoms with van der Waals surface area (Å²) >= 11 is 3.27. The van der Waals surface area contributed by atoms with Crippen LogP contribution < -0.4 is 10.2 Å². The Kier molecular flexibility index (Phi) is 3.10. The van der Waals surface area contributed by atoms with Gasteiger partial charge in [0.15, 0.2) is 0 Å². The van der Waals surface area contributed by atoms with E-state index in [-0.39, 0.29) is 18.4 Å². The Bertz CT molecular complexity index is 471. The van der Waals surface area contributed by atoms with Crippen LogP contribution in [0.25, 0.3) is 0 Å². The molecular weight excluding hydrogens is 288 g/mol. The Hall–Kier alpha value is -1.50. The Labute approximate surface area is 107 Å². The highest BCUT2D eigenvalue weighted by molar-refractivity contribution is 9.10. The van der Waals surface area contributed by atoms with E-state index in [0.29, 0.717) is 16.2 Å². The molecule has 1 atom stereocenters. The average Bonchev–Trinajstić information content (AvgIpc) is 2.22. The molecule has 0 aliphatic carbocycles. The number of rotatable bonds is 1. The van der Waals surface area contributed by atoms with Crippen LogP contribution >= 0.6 is 15.9 Å². The first-order valence-corrected chi connectivity index (χ1v) is 5.88. The molecule has 2 rings (SSSR count). The molecular formula is C10H11BrN4O2. The molecule has 1 aliphatic heterocycles. The highest BCUT2D eigenvalue weighted by Crippen LogP contribution is 2.20. The Balaban J connectivity index is 2.37. The van der Waals surface area contributed by atoms with E-state index in [9.17, 15) is 9.59 Å². The zero-order valence-corrected chi connectivity index (χ0v) is 11.0. The molecule has 0 saturated carbocycles. The van der Waals surface area contributed by atoms with E-state index in [0.717, 1.165) is 0 Å². The number of hydrogen-bond donors (Lipinski definition) is 1. The van der Waals surface area contributed by atoms with Crippen molar-refractivity contribution in [2.45, 2.75) is 19.9 Å². The highest BCUT2D eigenvalue weighted by Gasteiger charge is 2.31. The van der Waals surface area contributed by atoms with Gasteiger partial charge < -0.3 is 4.90 Å². The summed E-state index contributed by atoms with van der Waals surface area (Å²) in [6.45, 7) is 3.60. The molecule has 1 aliphatic rings. The number of aromatic nitrogens is 2. The molecule has 1 aromatic heterocycles. The first-order chi connectivity index (χ1) is 7.97. The summed E-state index contributed by atoms with van der Waals surface area (Å²) in [6.07, 6.45) is 0. The zero-order valence-electron chi connectivity index (χ0n) is 9.40. The molecule has 1 fully saturated rings. The lowest BCUT2D eigenvalue weighted by atomic mass is 10.2. The lowest BCUT2D eigenvalue weighted by molar-refractivity contribution is -0.132. The van der Waals surface area contributed by atoms with Gasteiger partial charge in [-0.2, -0.15) is 0 Å². The maximum atomic E-state index is 11.5. The summed E-state index contributed by atoms with van der Waals surface area (Å²) < 4.78 is 0.630. The van der Waals surface area contributed by atoms with E-state index >= 15 is 0 Å². The molecule has 90 valence electrons. The first kappa shape index (κ1) is 12.0. The van der Waals surface area contributed by atoms with Gasteiger partial charge in [0.2, 0.25) is 11.8 Å². The second-order valence-electron chi connectivity index (χ2n) is 3.81. The van der Waals surface area contributed by atoms with E-state index < -0.39 is 6.04 Å². The normalized spacial score (nSPS) is 20.4. The van der Waals surface area contributed by atoms with Gasteiger partial charge in [-0.25, -0.2) is 9.97 Å². The smallest absolute Gasteiger partial charge is 0.249 e. The highest BCUT2D eigenvalue weighted by atomic mass is 79.9. The third-order valence-corrected chi connectivity index (χ3v) is 2.92. The first-order valence-electron chi connectivity index (χ1n) is 5.09. The van der Waals surface area contributed by atoms with Crippen molar-refractivity contribution < 1.29 is 9.59 Å². The Morgan fingerprint density at radius 3 is 2.82 bits per heavy atom. The predicted molar refractivity (Wildman–Crippen MR) is 64.4 cm³/mol. The molecule has 1 saturated heterocycles. The van der Waals surface area contributed by atoms with Crippen LogP contribution in [0.5, 0.6) is 0 Å². The molecule has 0 aromatic carbocycles. The fourth-order valence-electron chi connectivity index (χ4n) is 1.66. The van der Waals surface area contributed by atoms with Gasteiger partial charge in [0.1, 0.15) is 22.3 Å². The average molecular weight is 299 g/mol. The molecule has 1 unspecified atom stereocenters. The van der Waals surface area contributed by atoms with Crippen molar-refractivity contribution in [1.29, 1.82) is 0 Å². The van der Waals surface area contributed by atoms with Crippen LogP contribution in [-0.2, 0) is 9.59 Å². The van der Waals surface area contributed by atoms with Gasteiger partial charge in [0.05, 0.1) is 6.54 Å². The molecule has 6 nitrogen and oxygen atoms in total. The maximum Gasteiger partial charge on any atom is 0.249 e. The van der Waals surface area contributed by atoms with Crippen molar-refractivity contribution in [2.75, 3.05) is 11.4 Å². The zero-order chi connectivity index (χ0) is 12.6. The van der Waals surface area contributed by atoms with Crippen LogP contribution in [0.2, 0.25) is 0 Å². The summed E-state index contributed by atoms with van der Waals surface area (Å²) in [6, 6.07) is 1.27. The lowest BCUT2D eigenvalue weighted by Crippen LogP contribution is -2.57. The topological polar surface area (TPSA) is 75.2 Å². The number of imide groups is 1. The lowest BCUT2D eigenvalue weighted by Gasteiger charge is -2.32. The number of carbonyl (C=O) groups is 2. The fourth-order valence-corrected chi connectivity index (χ4v) is 2.12. The second-order valence-corrected chi connectivity index (χ2v) is 4.62. The minimum absolute atomic E-state index is 0.121. The second kappa shape index (κ2) is 4.40. The monoisotopic (exact) mass is 298 g/mol. The van der Waals surface area contributed by atoms with Gasteiger partial charge >= 0.3 is 0 Å². The van der Waals surface area contributed by atoms with E-state index in [1.54, 1.807) is 24.8 Å². The SMILES string of the molecule is Cc1nc(Br)cc(N2CC(=O)NC(=O)C2C)n1. The van der Waals surface area contributed by atoms with Crippen LogP contribution in [0.15, 0.2) is 10.7 Å². The quantitative estimate of drug-likeness (QED) is 0.600. The molecule has 7 heteroatoms. The summed E-state index contributed by atoms with van der Waals surface area (Å²) in [7, 11) is 0. The standard InChI is InChI=1S/C10H11BrN4O2/c1-5-10(17)14-9(16)4-15(5)8-3-7(11)12-6(2)13-8/h3,5H,4H2,1-2H3,(H,14,16,17). The van der Waals surface area contributed by atoms with Crippen LogP contribution in [0.4, 0.5) is 5.82 Å². The van der Waals surface area contributed by atoms with Crippen molar-refractivity contribution in [2.24, 2.45) is 0 Å². The maximum absolute atomic E-state index is 11.5. The van der Waals surface area contributed by atoms with Crippen molar-refractivity contribution in [1.82, 2.24) is 15.3 Å². The molecule has 2 amide bonds. The van der Waals surface area contributed by atoms with Crippen molar-refractivity contribution >= 4 is 33.6 Å². The molecule has 2 heterocycles. The number of halogens is 1. The van der Waals surface area contributed by atoms with E-state index in [1.165, 1.54) is 0 Å². The number of anilines is 1. The number of hydrogen-bond acceptors (Lipinski definition) is 5. The number of carbonyl (C=O) groups excluding carboxylic acids is 2. The van der Waals surface area contributed by atoms with Gasteiger partial charge in [0, 0.05) is 6.07 Å². The van der Waals surface area contributed by atoms with Gasteiger partial charge in [-0.3, -0.25) is 14.9 Å². The molecule has 1 N–H and O–H groups in total. The van der Waals surface area contributed by atoms with Crippen LogP contribution in [0.1, 0.15) is 12.7 Å². The van der Waals surface area contributed by atoms with Gasteiger partial charge in [0.25, 0.3) is 0 Å². The van der Waals surface area contributed by atoms with E-state index in [1.807, 2.05) is 0 Å². The van der Waals surface area contributed by atoms with Crippen molar-refractivity contribution in [3.63, 3.8) is 0 Å². The van der Waals surface area contributed by atoms with Crippen LogP contribution in [-0.4, -0.2) is 34.4 Å². The van der Waals surface area contributed by atoms with Crippen molar-refractivity contribution in [3.05, 3.63) is 16.5 Å². The van der Waals surface area contributed by atoms with Crippen LogP contribution in [0, 0.1) is 6.92 Å². The molecule has 0 bridgehead atoms.